The van der Waals surface area contributed by atoms with Gasteiger partial charge in [0, 0.05) is 6.07 Å². The molecular formula is C9H13N3O2S. The zero-order valence-electron chi connectivity index (χ0n) is 8.47. The molecule has 1 rings (SSSR count). The van der Waals surface area contributed by atoms with E-state index in [4.69, 9.17) is 5.73 Å². The SMILES string of the molecule is CCCCSc1cc([N+](=O)[O-])cc(N)n1. The summed E-state index contributed by atoms with van der Waals surface area (Å²) in [5.41, 5.74) is 5.47. The molecule has 0 unspecified atom stereocenters. The molecule has 1 heterocycles. The lowest BCUT2D eigenvalue weighted by molar-refractivity contribution is -0.385. The Balaban J connectivity index is 2.75. The molecule has 15 heavy (non-hydrogen) atoms. The predicted octanol–water partition coefficient (Wildman–Crippen LogP) is 2.46. The normalized spacial score (nSPS) is 10.2. The first-order chi connectivity index (χ1) is 7.13. The maximum atomic E-state index is 10.5. The molecule has 1 aromatic rings. The summed E-state index contributed by atoms with van der Waals surface area (Å²) in [7, 11) is 0. The van der Waals surface area contributed by atoms with Gasteiger partial charge in [0.15, 0.2) is 0 Å². The number of anilines is 1. The second-order valence-corrected chi connectivity index (χ2v) is 4.16. The molecule has 6 heteroatoms. The third kappa shape index (κ3) is 3.75. The number of aromatic nitrogens is 1. The first-order valence-corrected chi connectivity index (χ1v) is 5.66. The van der Waals surface area contributed by atoms with E-state index in [9.17, 15) is 10.1 Å². The van der Waals surface area contributed by atoms with E-state index in [-0.39, 0.29) is 11.5 Å². The van der Waals surface area contributed by atoms with Gasteiger partial charge in [-0.15, -0.1) is 11.8 Å². The van der Waals surface area contributed by atoms with Gasteiger partial charge in [0.25, 0.3) is 5.69 Å². The zero-order chi connectivity index (χ0) is 11.3. The maximum absolute atomic E-state index is 10.5. The summed E-state index contributed by atoms with van der Waals surface area (Å²) in [5, 5.41) is 11.2. The lowest BCUT2D eigenvalue weighted by atomic mass is 10.4. The van der Waals surface area contributed by atoms with Crippen LogP contribution < -0.4 is 5.73 Å². The van der Waals surface area contributed by atoms with Crippen molar-refractivity contribution >= 4 is 23.3 Å². The van der Waals surface area contributed by atoms with Gasteiger partial charge < -0.3 is 5.73 Å². The molecule has 0 aliphatic rings. The van der Waals surface area contributed by atoms with Crippen molar-refractivity contribution in [2.24, 2.45) is 0 Å². The van der Waals surface area contributed by atoms with Crippen molar-refractivity contribution in [1.82, 2.24) is 4.98 Å². The van der Waals surface area contributed by atoms with Crippen LogP contribution in [0, 0.1) is 10.1 Å². The Morgan fingerprint density at radius 1 is 1.60 bits per heavy atom. The van der Waals surface area contributed by atoms with Crippen molar-refractivity contribution in [3.8, 4) is 0 Å². The molecule has 0 spiro atoms. The maximum Gasteiger partial charge on any atom is 0.275 e. The van der Waals surface area contributed by atoms with Crippen LogP contribution in [0.2, 0.25) is 0 Å². The van der Waals surface area contributed by atoms with E-state index in [1.54, 1.807) is 0 Å². The fourth-order valence-corrected chi connectivity index (χ4v) is 2.03. The summed E-state index contributed by atoms with van der Waals surface area (Å²) < 4.78 is 0. The Kier molecular flexibility index (Phi) is 4.36. The van der Waals surface area contributed by atoms with E-state index in [2.05, 4.69) is 11.9 Å². The van der Waals surface area contributed by atoms with Crippen LogP contribution in [0.15, 0.2) is 17.2 Å². The average molecular weight is 227 g/mol. The first-order valence-electron chi connectivity index (χ1n) is 4.68. The van der Waals surface area contributed by atoms with Gasteiger partial charge in [0.05, 0.1) is 11.0 Å². The number of nitro groups is 1. The lowest BCUT2D eigenvalue weighted by Crippen LogP contribution is -1.96. The van der Waals surface area contributed by atoms with Gasteiger partial charge in [-0.1, -0.05) is 13.3 Å². The smallest absolute Gasteiger partial charge is 0.275 e. The van der Waals surface area contributed by atoms with Crippen LogP contribution >= 0.6 is 11.8 Å². The van der Waals surface area contributed by atoms with Gasteiger partial charge in [-0.3, -0.25) is 10.1 Å². The van der Waals surface area contributed by atoms with Crippen LogP contribution in [0.5, 0.6) is 0 Å². The van der Waals surface area contributed by atoms with Crippen molar-refractivity contribution in [2.45, 2.75) is 24.8 Å². The number of hydrogen-bond acceptors (Lipinski definition) is 5. The number of thioether (sulfide) groups is 1. The van der Waals surface area contributed by atoms with Crippen LogP contribution in [0.1, 0.15) is 19.8 Å². The second-order valence-electron chi connectivity index (χ2n) is 3.05. The monoisotopic (exact) mass is 227 g/mol. The highest BCUT2D eigenvalue weighted by atomic mass is 32.2. The Bertz CT molecular complexity index is 357. The fraction of sp³-hybridized carbons (Fsp3) is 0.444. The number of nitrogen functional groups attached to an aromatic ring is 1. The largest absolute Gasteiger partial charge is 0.383 e. The van der Waals surface area contributed by atoms with Crippen LogP contribution in [0.4, 0.5) is 11.5 Å². The minimum absolute atomic E-state index is 0.00139. The number of nitrogens with two attached hydrogens (primary N) is 1. The number of hydrogen-bond donors (Lipinski definition) is 1. The third-order valence-electron chi connectivity index (χ3n) is 1.77. The molecule has 82 valence electrons. The number of rotatable bonds is 5. The van der Waals surface area contributed by atoms with E-state index in [1.165, 1.54) is 23.9 Å². The Morgan fingerprint density at radius 2 is 2.33 bits per heavy atom. The molecule has 0 saturated heterocycles. The molecule has 0 aliphatic carbocycles. The van der Waals surface area contributed by atoms with Crippen LogP contribution in [-0.4, -0.2) is 15.7 Å². The highest BCUT2D eigenvalue weighted by molar-refractivity contribution is 7.99. The molecule has 5 nitrogen and oxygen atoms in total. The first kappa shape index (κ1) is 11.8. The van der Waals surface area contributed by atoms with E-state index < -0.39 is 4.92 Å². The van der Waals surface area contributed by atoms with E-state index in [0.717, 1.165) is 18.6 Å². The predicted molar refractivity (Wildman–Crippen MR) is 60.9 cm³/mol. The summed E-state index contributed by atoms with van der Waals surface area (Å²) in [6.45, 7) is 2.09. The molecule has 0 saturated carbocycles. The summed E-state index contributed by atoms with van der Waals surface area (Å²) in [6, 6.07) is 2.72. The minimum Gasteiger partial charge on any atom is -0.383 e. The van der Waals surface area contributed by atoms with E-state index >= 15 is 0 Å². The van der Waals surface area contributed by atoms with Gasteiger partial charge in [0.1, 0.15) is 10.8 Å². The lowest BCUT2D eigenvalue weighted by Gasteiger charge is -2.01. The molecule has 2 N–H and O–H groups in total. The topological polar surface area (TPSA) is 82.0 Å². The van der Waals surface area contributed by atoms with E-state index in [1.807, 2.05) is 0 Å². The van der Waals surface area contributed by atoms with Crippen molar-refractivity contribution in [3.63, 3.8) is 0 Å². The molecule has 0 fully saturated rings. The van der Waals surface area contributed by atoms with Gasteiger partial charge in [-0.2, -0.15) is 0 Å². The fourth-order valence-electron chi connectivity index (χ4n) is 1.01. The van der Waals surface area contributed by atoms with Crippen molar-refractivity contribution in [1.29, 1.82) is 0 Å². The summed E-state index contributed by atoms with van der Waals surface area (Å²) in [6.07, 6.45) is 2.16. The summed E-state index contributed by atoms with van der Waals surface area (Å²) in [4.78, 5) is 14.1. The molecular weight excluding hydrogens is 214 g/mol. The van der Waals surface area contributed by atoms with Gasteiger partial charge in [0.2, 0.25) is 0 Å². The van der Waals surface area contributed by atoms with Crippen LogP contribution in [0.3, 0.4) is 0 Å². The van der Waals surface area contributed by atoms with Crippen LogP contribution in [-0.2, 0) is 0 Å². The van der Waals surface area contributed by atoms with Gasteiger partial charge in [-0.25, -0.2) is 4.98 Å². The van der Waals surface area contributed by atoms with Crippen molar-refractivity contribution < 1.29 is 4.92 Å². The second kappa shape index (κ2) is 5.55. The third-order valence-corrected chi connectivity index (χ3v) is 2.76. The Labute approximate surface area is 92.2 Å². The number of pyridine rings is 1. The molecule has 0 amide bonds. The van der Waals surface area contributed by atoms with Crippen LogP contribution in [0.25, 0.3) is 0 Å². The standard InChI is InChI=1S/C9H13N3O2S/c1-2-3-4-15-9-6-7(12(13)14)5-8(10)11-9/h5-6H,2-4H2,1H3,(H2,10,11). The Morgan fingerprint density at radius 3 is 2.93 bits per heavy atom. The molecule has 1 aromatic heterocycles. The quantitative estimate of drug-likeness (QED) is 0.361. The summed E-state index contributed by atoms with van der Waals surface area (Å²) >= 11 is 1.50. The van der Waals surface area contributed by atoms with Gasteiger partial charge >= 0.3 is 0 Å². The number of nitrogens with zero attached hydrogens (tertiary/aromatic N) is 2. The molecule has 0 bridgehead atoms. The van der Waals surface area contributed by atoms with Crippen molar-refractivity contribution in [3.05, 3.63) is 22.2 Å². The minimum atomic E-state index is -0.456. The van der Waals surface area contributed by atoms with Gasteiger partial charge in [-0.05, 0) is 12.2 Å². The molecule has 0 atom stereocenters. The molecule has 0 aromatic carbocycles. The highest BCUT2D eigenvalue weighted by Crippen LogP contribution is 2.23. The zero-order valence-corrected chi connectivity index (χ0v) is 9.29. The average Bonchev–Trinajstić information content (AvgIpc) is 2.17. The summed E-state index contributed by atoms with van der Waals surface area (Å²) in [5.74, 6) is 1.10. The number of unbranched alkanes of at least 4 members (excludes halogenated alkanes) is 1. The molecule has 0 aliphatic heterocycles. The Hall–Kier alpha value is -1.30. The highest BCUT2D eigenvalue weighted by Gasteiger charge is 2.09. The van der Waals surface area contributed by atoms with E-state index in [0.29, 0.717) is 5.03 Å². The molecule has 0 radical (unpaired) electrons. The van der Waals surface area contributed by atoms with Crippen molar-refractivity contribution in [2.75, 3.05) is 11.5 Å².